The Bertz CT molecular complexity index is 438. The maximum absolute atomic E-state index is 5.20. The summed E-state index contributed by atoms with van der Waals surface area (Å²) in [5.74, 6) is 1.77. The third kappa shape index (κ3) is 2.76. The van der Waals surface area contributed by atoms with E-state index in [1.807, 2.05) is 30.3 Å². The minimum absolute atomic E-state index is 0.883. The van der Waals surface area contributed by atoms with Gasteiger partial charge in [-0.1, -0.05) is 18.2 Å². The first-order valence-electron chi connectivity index (χ1n) is 5.21. The van der Waals surface area contributed by atoms with Crippen molar-refractivity contribution in [2.45, 2.75) is 6.42 Å². The zero-order valence-corrected chi connectivity index (χ0v) is 9.22. The second-order valence-electron chi connectivity index (χ2n) is 3.47. The fourth-order valence-corrected chi connectivity index (χ4v) is 1.46. The molecule has 1 aromatic carbocycles. The van der Waals surface area contributed by atoms with Crippen molar-refractivity contribution in [1.82, 2.24) is 0 Å². The molecule has 2 nitrogen and oxygen atoms in total. The van der Waals surface area contributed by atoms with Crippen LogP contribution >= 0.6 is 0 Å². The molecule has 0 N–H and O–H groups in total. The molecule has 2 heteroatoms. The van der Waals surface area contributed by atoms with Crippen molar-refractivity contribution in [3.05, 3.63) is 60.1 Å². The van der Waals surface area contributed by atoms with Gasteiger partial charge in [0, 0.05) is 0 Å². The summed E-state index contributed by atoms with van der Waals surface area (Å²) in [7, 11) is 1.67. The fourth-order valence-electron chi connectivity index (χ4n) is 1.46. The third-order valence-electron chi connectivity index (χ3n) is 2.34. The number of benzene rings is 1. The summed E-state index contributed by atoms with van der Waals surface area (Å²) < 4.78 is 10.3. The van der Waals surface area contributed by atoms with Gasteiger partial charge < -0.3 is 9.15 Å². The minimum atomic E-state index is 0.883. The molecule has 82 valence electrons. The van der Waals surface area contributed by atoms with Crippen molar-refractivity contribution in [3.63, 3.8) is 0 Å². The smallest absolute Gasteiger partial charge is 0.126 e. The van der Waals surface area contributed by atoms with E-state index in [1.165, 1.54) is 5.56 Å². The van der Waals surface area contributed by atoms with Crippen molar-refractivity contribution >= 4 is 6.08 Å². The number of ether oxygens (including phenoxy) is 1. The van der Waals surface area contributed by atoms with Crippen LogP contribution in [0.4, 0.5) is 0 Å². The molecule has 0 aliphatic heterocycles. The highest BCUT2D eigenvalue weighted by molar-refractivity contribution is 5.43. The van der Waals surface area contributed by atoms with Crippen molar-refractivity contribution in [2.24, 2.45) is 0 Å². The normalized spacial score (nSPS) is 10.8. The second-order valence-corrected chi connectivity index (χ2v) is 3.47. The molecule has 1 aromatic heterocycles. The van der Waals surface area contributed by atoms with Crippen LogP contribution in [0.25, 0.3) is 6.08 Å². The van der Waals surface area contributed by atoms with Crippen LogP contribution in [0.15, 0.2) is 53.2 Å². The molecular formula is C14H14O2. The van der Waals surface area contributed by atoms with E-state index in [0.29, 0.717) is 0 Å². The summed E-state index contributed by atoms with van der Waals surface area (Å²) in [5.41, 5.74) is 1.25. The van der Waals surface area contributed by atoms with E-state index < -0.39 is 0 Å². The number of furan rings is 1. The zero-order chi connectivity index (χ0) is 11.2. The van der Waals surface area contributed by atoms with Gasteiger partial charge in [-0.2, -0.15) is 0 Å². The lowest BCUT2D eigenvalue weighted by atomic mass is 10.1. The van der Waals surface area contributed by atoms with Crippen LogP contribution in [0.5, 0.6) is 5.75 Å². The van der Waals surface area contributed by atoms with Crippen molar-refractivity contribution in [1.29, 1.82) is 0 Å². The average Bonchev–Trinajstić information content (AvgIpc) is 2.83. The SMILES string of the molecule is COc1ccc(CC=Cc2ccco2)cc1. The molecule has 2 rings (SSSR count). The molecule has 0 fully saturated rings. The second kappa shape index (κ2) is 5.21. The molecule has 0 saturated carbocycles. The molecule has 0 amide bonds. The van der Waals surface area contributed by atoms with Gasteiger partial charge in [-0.25, -0.2) is 0 Å². The Morgan fingerprint density at radius 2 is 2.00 bits per heavy atom. The third-order valence-corrected chi connectivity index (χ3v) is 2.34. The molecule has 0 atom stereocenters. The van der Waals surface area contributed by atoms with Crippen LogP contribution in [-0.2, 0) is 6.42 Å². The molecule has 1 heterocycles. The van der Waals surface area contributed by atoms with Crippen molar-refractivity contribution in [3.8, 4) is 5.75 Å². The van der Waals surface area contributed by atoms with Gasteiger partial charge >= 0.3 is 0 Å². The van der Waals surface area contributed by atoms with E-state index in [2.05, 4.69) is 18.2 Å². The van der Waals surface area contributed by atoms with E-state index in [1.54, 1.807) is 13.4 Å². The van der Waals surface area contributed by atoms with Crippen LogP contribution in [0.1, 0.15) is 11.3 Å². The van der Waals surface area contributed by atoms with E-state index in [4.69, 9.17) is 9.15 Å². The summed E-state index contributed by atoms with van der Waals surface area (Å²) in [5, 5.41) is 0. The summed E-state index contributed by atoms with van der Waals surface area (Å²) in [4.78, 5) is 0. The van der Waals surface area contributed by atoms with Crippen LogP contribution in [0.2, 0.25) is 0 Å². The molecule has 0 aliphatic carbocycles. The lowest BCUT2D eigenvalue weighted by Crippen LogP contribution is -1.84. The van der Waals surface area contributed by atoms with Gasteiger partial charge in [-0.15, -0.1) is 0 Å². The molecule has 0 saturated heterocycles. The van der Waals surface area contributed by atoms with Gasteiger partial charge in [0.25, 0.3) is 0 Å². The van der Waals surface area contributed by atoms with Gasteiger partial charge in [0.2, 0.25) is 0 Å². The predicted molar refractivity (Wildman–Crippen MR) is 64.4 cm³/mol. The summed E-state index contributed by atoms with van der Waals surface area (Å²) in [6, 6.07) is 11.9. The first-order valence-corrected chi connectivity index (χ1v) is 5.21. The molecule has 2 aromatic rings. The van der Waals surface area contributed by atoms with E-state index >= 15 is 0 Å². The van der Waals surface area contributed by atoms with E-state index in [9.17, 15) is 0 Å². The Kier molecular flexibility index (Phi) is 3.44. The highest BCUT2D eigenvalue weighted by Crippen LogP contribution is 2.12. The molecule has 0 bridgehead atoms. The molecule has 0 aliphatic rings. The monoisotopic (exact) mass is 214 g/mol. The molecular weight excluding hydrogens is 200 g/mol. The quantitative estimate of drug-likeness (QED) is 0.776. The zero-order valence-electron chi connectivity index (χ0n) is 9.22. The summed E-state index contributed by atoms with van der Waals surface area (Å²) in [6.45, 7) is 0. The van der Waals surface area contributed by atoms with Crippen LogP contribution in [0, 0.1) is 0 Å². The Balaban J connectivity index is 1.94. The maximum Gasteiger partial charge on any atom is 0.126 e. The van der Waals surface area contributed by atoms with Gasteiger partial charge in [0.05, 0.1) is 13.4 Å². The summed E-state index contributed by atoms with van der Waals surface area (Å²) in [6.07, 6.45) is 6.63. The van der Waals surface area contributed by atoms with Crippen LogP contribution in [0.3, 0.4) is 0 Å². The largest absolute Gasteiger partial charge is 0.497 e. The Hall–Kier alpha value is -1.96. The highest BCUT2D eigenvalue weighted by atomic mass is 16.5. The maximum atomic E-state index is 5.20. The number of hydrogen-bond donors (Lipinski definition) is 0. The van der Waals surface area contributed by atoms with Crippen molar-refractivity contribution < 1.29 is 9.15 Å². The van der Waals surface area contributed by atoms with Gasteiger partial charge in [-0.05, 0) is 42.3 Å². The van der Waals surface area contributed by atoms with Gasteiger partial charge in [-0.3, -0.25) is 0 Å². The van der Waals surface area contributed by atoms with Crippen molar-refractivity contribution in [2.75, 3.05) is 7.11 Å². The van der Waals surface area contributed by atoms with Gasteiger partial charge in [0.15, 0.2) is 0 Å². The van der Waals surface area contributed by atoms with Gasteiger partial charge in [0.1, 0.15) is 11.5 Å². The first-order chi connectivity index (χ1) is 7.88. The summed E-state index contributed by atoms with van der Waals surface area (Å²) >= 11 is 0. The van der Waals surface area contributed by atoms with Crippen LogP contribution in [-0.4, -0.2) is 7.11 Å². The highest BCUT2D eigenvalue weighted by Gasteiger charge is 1.92. The Morgan fingerprint density at radius 3 is 2.62 bits per heavy atom. The Labute approximate surface area is 95.2 Å². The first kappa shape index (κ1) is 10.6. The average molecular weight is 214 g/mol. The Morgan fingerprint density at radius 1 is 1.19 bits per heavy atom. The number of rotatable bonds is 4. The molecule has 0 spiro atoms. The lowest BCUT2D eigenvalue weighted by Gasteiger charge is -2.00. The molecule has 0 unspecified atom stereocenters. The molecule has 0 radical (unpaired) electrons. The van der Waals surface area contributed by atoms with E-state index in [0.717, 1.165) is 17.9 Å². The topological polar surface area (TPSA) is 22.4 Å². The standard InChI is InChI=1S/C14H14O2/c1-15-13-9-7-12(8-10-13)4-2-5-14-6-3-11-16-14/h2-3,5-11H,4H2,1H3. The number of hydrogen-bond acceptors (Lipinski definition) is 2. The predicted octanol–water partition coefficient (Wildman–Crippen LogP) is 3.54. The lowest BCUT2D eigenvalue weighted by molar-refractivity contribution is 0.414. The fraction of sp³-hybridized carbons (Fsp3) is 0.143. The number of allylic oxidation sites excluding steroid dienone is 1. The van der Waals surface area contributed by atoms with Crippen LogP contribution < -0.4 is 4.74 Å². The minimum Gasteiger partial charge on any atom is -0.497 e. The number of methoxy groups -OCH3 is 1. The molecule has 16 heavy (non-hydrogen) atoms. The van der Waals surface area contributed by atoms with E-state index in [-0.39, 0.29) is 0 Å².